The lowest BCUT2D eigenvalue weighted by Gasteiger charge is -2.40. The smallest absolute Gasteiger partial charge is 0.173 e. The monoisotopic (exact) mass is 316 g/mol. The normalized spacial score (nSPS) is 23.3. The molecule has 104 valence electrons. The molecular weight excluding hydrogens is 299 g/mol. The van der Waals surface area contributed by atoms with Crippen molar-refractivity contribution in [3.05, 3.63) is 28.2 Å². The summed E-state index contributed by atoms with van der Waals surface area (Å²) in [6, 6.07) is 6.42. The van der Waals surface area contributed by atoms with Gasteiger partial charge in [-0.1, -0.05) is 23.2 Å². The Morgan fingerprint density at radius 2 is 1.84 bits per heavy atom. The highest BCUT2D eigenvalue weighted by Crippen LogP contribution is 2.27. The molecule has 19 heavy (non-hydrogen) atoms. The molecule has 1 aromatic rings. The van der Waals surface area contributed by atoms with Crippen molar-refractivity contribution in [2.45, 2.75) is 45.2 Å². The van der Waals surface area contributed by atoms with Crippen molar-refractivity contribution < 1.29 is 0 Å². The lowest BCUT2D eigenvalue weighted by atomic mass is 9.98. The van der Waals surface area contributed by atoms with Crippen molar-refractivity contribution >= 4 is 46.2 Å². The van der Waals surface area contributed by atoms with E-state index >= 15 is 0 Å². The number of rotatable bonds is 1. The average molecular weight is 317 g/mol. The van der Waals surface area contributed by atoms with Crippen molar-refractivity contribution in [2.24, 2.45) is 0 Å². The van der Waals surface area contributed by atoms with Crippen LogP contribution in [0.3, 0.4) is 0 Å². The van der Waals surface area contributed by atoms with Gasteiger partial charge in [0.25, 0.3) is 0 Å². The van der Waals surface area contributed by atoms with Gasteiger partial charge in [0, 0.05) is 17.8 Å². The highest BCUT2D eigenvalue weighted by atomic mass is 35.5. The summed E-state index contributed by atoms with van der Waals surface area (Å²) in [5.74, 6) is 0. The first kappa shape index (κ1) is 14.9. The number of nitrogens with one attached hydrogen (secondary N) is 1. The fourth-order valence-electron chi connectivity index (χ4n) is 2.58. The second-order valence-corrected chi connectivity index (χ2v) is 6.30. The molecule has 1 aromatic carbocycles. The third kappa shape index (κ3) is 3.53. The Hall–Kier alpha value is -0.510. The van der Waals surface area contributed by atoms with Gasteiger partial charge in [-0.3, -0.25) is 0 Å². The second kappa shape index (κ2) is 6.29. The highest BCUT2D eigenvalue weighted by molar-refractivity contribution is 7.80. The van der Waals surface area contributed by atoms with Crippen molar-refractivity contribution in [3.8, 4) is 0 Å². The second-order valence-electron chi connectivity index (χ2n) is 5.10. The minimum absolute atomic E-state index is 0.478. The van der Waals surface area contributed by atoms with E-state index in [-0.39, 0.29) is 0 Å². The molecule has 0 bridgehead atoms. The van der Waals surface area contributed by atoms with Crippen molar-refractivity contribution in [2.75, 3.05) is 5.32 Å². The molecule has 0 aliphatic carbocycles. The Balaban J connectivity index is 2.09. The molecule has 0 saturated carbocycles. The lowest BCUT2D eigenvalue weighted by molar-refractivity contribution is 0.194. The number of hydrogen-bond acceptors (Lipinski definition) is 1. The minimum Gasteiger partial charge on any atom is -0.344 e. The average Bonchev–Trinajstić information content (AvgIpc) is 2.33. The first-order valence-corrected chi connectivity index (χ1v) is 7.70. The lowest BCUT2D eigenvalue weighted by Crippen LogP contribution is -2.49. The number of nitrogens with zero attached hydrogens (tertiary/aromatic N) is 1. The third-order valence-corrected chi connectivity index (χ3v) is 4.65. The molecule has 2 atom stereocenters. The standard InChI is InChI=1S/C14H18Cl2N2S/c1-9-4-3-5-10(2)18(9)14(19)17-11-6-7-12(15)13(16)8-11/h6-10H,3-5H2,1-2H3,(H,17,19)/t9-,10-/m0/s1. The van der Waals surface area contributed by atoms with Crippen LogP contribution in [0.5, 0.6) is 0 Å². The maximum absolute atomic E-state index is 6.01. The quantitative estimate of drug-likeness (QED) is 0.738. The van der Waals surface area contributed by atoms with Gasteiger partial charge >= 0.3 is 0 Å². The van der Waals surface area contributed by atoms with Crippen LogP contribution in [0, 0.1) is 0 Å². The Labute approximate surface area is 130 Å². The number of likely N-dealkylation sites (tertiary alicyclic amines) is 1. The van der Waals surface area contributed by atoms with E-state index in [1.807, 2.05) is 6.07 Å². The SMILES string of the molecule is C[C@H]1CCC[C@H](C)N1C(=S)Nc1ccc(Cl)c(Cl)c1. The van der Waals surface area contributed by atoms with Gasteiger partial charge in [-0.25, -0.2) is 0 Å². The molecule has 2 rings (SSSR count). The maximum Gasteiger partial charge on any atom is 0.173 e. The van der Waals surface area contributed by atoms with Crippen LogP contribution < -0.4 is 5.32 Å². The predicted molar refractivity (Wildman–Crippen MR) is 87.3 cm³/mol. The van der Waals surface area contributed by atoms with Gasteiger partial charge in [0.2, 0.25) is 0 Å². The van der Waals surface area contributed by atoms with Gasteiger partial charge in [-0.15, -0.1) is 0 Å². The molecule has 5 heteroatoms. The molecule has 0 unspecified atom stereocenters. The summed E-state index contributed by atoms with van der Waals surface area (Å²) in [4.78, 5) is 2.28. The summed E-state index contributed by atoms with van der Waals surface area (Å²) in [5.41, 5.74) is 0.879. The third-order valence-electron chi connectivity index (χ3n) is 3.60. The maximum atomic E-state index is 6.01. The zero-order valence-corrected chi connectivity index (χ0v) is 13.4. The molecule has 1 saturated heterocycles. The van der Waals surface area contributed by atoms with Crippen molar-refractivity contribution in [3.63, 3.8) is 0 Å². The van der Waals surface area contributed by atoms with Crippen LogP contribution in [-0.2, 0) is 0 Å². The van der Waals surface area contributed by atoms with Crippen LogP contribution in [0.4, 0.5) is 5.69 Å². The molecule has 0 radical (unpaired) electrons. The fourth-order valence-corrected chi connectivity index (χ4v) is 3.36. The summed E-state index contributed by atoms with van der Waals surface area (Å²) < 4.78 is 0. The zero-order chi connectivity index (χ0) is 14.0. The van der Waals surface area contributed by atoms with E-state index in [9.17, 15) is 0 Å². The molecule has 1 aliphatic heterocycles. The van der Waals surface area contributed by atoms with Crippen LogP contribution >= 0.6 is 35.4 Å². The van der Waals surface area contributed by atoms with Crippen LogP contribution in [0.2, 0.25) is 10.0 Å². The van der Waals surface area contributed by atoms with E-state index in [0.29, 0.717) is 22.1 Å². The molecule has 0 amide bonds. The molecule has 0 spiro atoms. The summed E-state index contributed by atoms with van der Waals surface area (Å²) in [6.45, 7) is 4.44. The van der Waals surface area contributed by atoms with Gasteiger partial charge in [0.15, 0.2) is 5.11 Å². The zero-order valence-electron chi connectivity index (χ0n) is 11.1. The predicted octanol–water partition coefficient (Wildman–Crippen LogP) is 4.95. The first-order chi connectivity index (χ1) is 8.99. The number of piperidine rings is 1. The summed E-state index contributed by atoms with van der Waals surface area (Å²) in [5, 5.41) is 5.11. The molecule has 1 N–H and O–H groups in total. The van der Waals surface area contributed by atoms with Crippen LogP contribution in [0.15, 0.2) is 18.2 Å². The number of benzene rings is 1. The highest BCUT2D eigenvalue weighted by Gasteiger charge is 2.26. The van der Waals surface area contributed by atoms with Gasteiger partial charge < -0.3 is 10.2 Å². The number of thiocarbonyl (C=S) groups is 1. The van der Waals surface area contributed by atoms with E-state index in [1.54, 1.807) is 12.1 Å². The summed E-state index contributed by atoms with van der Waals surface area (Å²) in [6.07, 6.45) is 3.65. The molecule has 2 nitrogen and oxygen atoms in total. The Morgan fingerprint density at radius 1 is 1.21 bits per heavy atom. The summed E-state index contributed by atoms with van der Waals surface area (Å²) in [7, 11) is 0. The summed E-state index contributed by atoms with van der Waals surface area (Å²) >= 11 is 17.4. The van der Waals surface area contributed by atoms with Gasteiger partial charge in [0.1, 0.15) is 0 Å². The van der Waals surface area contributed by atoms with Crippen LogP contribution in [-0.4, -0.2) is 22.1 Å². The van der Waals surface area contributed by atoms with E-state index < -0.39 is 0 Å². The first-order valence-electron chi connectivity index (χ1n) is 6.53. The molecular formula is C14H18Cl2N2S. The Morgan fingerprint density at radius 3 is 2.42 bits per heavy atom. The van der Waals surface area contributed by atoms with E-state index in [4.69, 9.17) is 35.4 Å². The molecule has 1 aliphatic rings. The van der Waals surface area contributed by atoms with Gasteiger partial charge in [-0.05, 0) is 63.5 Å². The Bertz CT molecular complexity index is 469. The number of hydrogen-bond donors (Lipinski definition) is 1. The minimum atomic E-state index is 0.478. The topological polar surface area (TPSA) is 15.3 Å². The van der Waals surface area contributed by atoms with Crippen molar-refractivity contribution in [1.82, 2.24) is 4.90 Å². The largest absolute Gasteiger partial charge is 0.344 e. The van der Waals surface area contributed by atoms with E-state index in [1.165, 1.54) is 19.3 Å². The fraction of sp³-hybridized carbons (Fsp3) is 0.500. The van der Waals surface area contributed by atoms with Gasteiger partial charge in [0.05, 0.1) is 10.0 Å². The molecule has 1 fully saturated rings. The van der Waals surface area contributed by atoms with Crippen LogP contribution in [0.25, 0.3) is 0 Å². The van der Waals surface area contributed by atoms with E-state index in [2.05, 4.69) is 24.1 Å². The van der Waals surface area contributed by atoms with E-state index in [0.717, 1.165) is 10.8 Å². The van der Waals surface area contributed by atoms with Crippen molar-refractivity contribution in [1.29, 1.82) is 0 Å². The number of halogens is 2. The Kier molecular flexibility index (Phi) is 4.93. The molecule has 0 aromatic heterocycles. The molecule has 1 heterocycles. The van der Waals surface area contributed by atoms with Gasteiger partial charge in [-0.2, -0.15) is 0 Å². The van der Waals surface area contributed by atoms with Crippen LogP contribution in [0.1, 0.15) is 33.1 Å². The number of anilines is 1.